The molecule has 96 heavy (non-hydrogen) atoms. The molecule has 0 bridgehead atoms. The van der Waals surface area contributed by atoms with Crippen molar-refractivity contribution < 1.29 is 122 Å². The van der Waals surface area contributed by atoms with Crippen LogP contribution in [0.2, 0.25) is 0 Å². The summed E-state index contributed by atoms with van der Waals surface area (Å²) in [5.41, 5.74) is -0.772. The Morgan fingerprint density at radius 1 is 0.385 bits per heavy atom. The van der Waals surface area contributed by atoms with Crippen molar-refractivity contribution in [3.63, 3.8) is 0 Å². The van der Waals surface area contributed by atoms with Crippen LogP contribution < -0.4 is 47.9 Å². The number of carbonyl (C=O) groups excluding carboxylic acids is 9. The van der Waals surface area contributed by atoms with Crippen LogP contribution in [-0.4, -0.2) is 287 Å². The van der Waals surface area contributed by atoms with Crippen LogP contribution in [0.15, 0.2) is 0 Å². The van der Waals surface area contributed by atoms with Gasteiger partial charge in [-0.3, -0.25) is 43.2 Å². The van der Waals surface area contributed by atoms with Crippen molar-refractivity contribution in [1.82, 2.24) is 47.9 Å². The smallest absolute Gasteiger partial charge is 0.222 e. The summed E-state index contributed by atoms with van der Waals surface area (Å²) in [4.78, 5) is 110. The van der Waals surface area contributed by atoms with Crippen LogP contribution in [0.5, 0.6) is 0 Å². The van der Waals surface area contributed by atoms with E-state index in [0.717, 1.165) is 0 Å². The quantitative estimate of drug-likeness (QED) is 0.0255. The summed E-state index contributed by atoms with van der Waals surface area (Å²) in [5.74, 6) is -2.58. The Kier molecular flexibility index (Phi) is 43.4. The Morgan fingerprint density at radius 2 is 0.688 bits per heavy atom. The lowest BCUT2D eigenvalue weighted by Gasteiger charge is -2.42. The van der Waals surface area contributed by atoms with Crippen molar-refractivity contribution >= 4 is 53.2 Å². The maximum Gasteiger partial charge on any atom is 0.222 e. The van der Waals surface area contributed by atoms with E-state index in [-0.39, 0.29) is 178 Å². The fraction of sp³-hybridized carbons (Fsp3) is 0.855. The summed E-state index contributed by atoms with van der Waals surface area (Å²) in [6.45, 7) is 7.34. The lowest BCUT2D eigenvalue weighted by molar-refractivity contribution is -0.270. The van der Waals surface area contributed by atoms with E-state index >= 15 is 0 Å². The van der Waals surface area contributed by atoms with Crippen LogP contribution in [0.4, 0.5) is 0 Å². The highest BCUT2D eigenvalue weighted by molar-refractivity contribution is 5.78. The van der Waals surface area contributed by atoms with E-state index in [2.05, 4.69) is 47.9 Å². The Labute approximate surface area is 561 Å². The van der Waals surface area contributed by atoms with Crippen molar-refractivity contribution in [2.24, 2.45) is 5.41 Å². The number of rotatable bonds is 51. The molecule has 3 heterocycles. The Balaban J connectivity index is 1.33. The molecular formula is C62H111N9O25. The van der Waals surface area contributed by atoms with E-state index in [0.29, 0.717) is 90.5 Å². The first-order chi connectivity index (χ1) is 46.0. The van der Waals surface area contributed by atoms with E-state index in [1.807, 2.05) is 6.92 Å². The maximum absolute atomic E-state index is 12.7. The fourth-order valence-corrected chi connectivity index (χ4v) is 10.3. The number of hydrogen-bond donors (Lipinski definition) is 16. The van der Waals surface area contributed by atoms with Gasteiger partial charge in [0.1, 0.15) is 36.4 Å². The molecule has 3 rings (SSSR count). The van der Waals surface area contributed by atoms with Gasteiger partial charge in [-0.05, 0) is 57.8 Å². The first kappa shape index (κ1) is 84.8. The van der Waals surface area contributed by atoms with Gasteiger partial charge in [0, 0.05) is 137 Å². The Hall–Kier alpha value is -5.41. The number of hydrogen-bond acceptors (Lipinski definition) is 25. The molecule has 34 nitrogen and oxygen atoms in total. The molecular weight excluding hydrogens is 1270 g/mol. The van der Waals surface area contributed by atoms with Gasteiger partial charge in [-0.15, -0.1) is 0 Å². The van der Waals surface area contributed by atoms with Crippen molar-refractivity contribution in [2.75, 3.05) is 119 Å². The minimum Gasteiger partial charge on any atom is -0.394 e. The highest BCUT2D eigenvalue weighted by atomic mass is 16.7. The van der Waals surface area contributed by atoms with Gasteiger partial charge in [-0.1, -0.05) is 6.92 Å². The van der Waals surface area contributed by atoms with Crippen LogP contribution in [-0.2, 0) is 85.8 Å². The lowest BCUT2D eigenvalue weighted by atomic mass is 9.94. The van der Waals surface area contributed by atoms with E-state index in [9.17, 15) is 78.9 Å². The lowest BCUT2D eigenvalue weighted by Crippen LogP contribution is -2.64. The third-order valence-corrected chi connectivity index (χ3v) is 15.5. The van der Waals surface area contributed by atoms with Crippen LogP contribution in [0.1, 0.15) is 137 Å². The monoisotopic (exact) mass is 1380 g/mol. The number of amides is 9. The van der Waals surface area contributed by atoms with Gasteiger partial charge in [0.2, 0.25) is 53.2 Å². The average molecular weight is 1380 g/mol. The largest absolute Gasteiger partial charge is 0.394 e. The van der Waals surface area contributed by atoms with Crippen molar-refractivity contribution in [1.29, 1.82) is 0 Å². The zero-order valence-corrected chi connectivity index (χ0v) is 56.2. The van der Waals surface area contributed by atoms with E-state index in [1.165, 1.54) is 20.8 Å². The Morgan fingerprint density at radius 3 is 0.990 bits per heavy atom. The summed E-state index contributed by atoms with van der Waals surface area (Å²) in [6, 6.07) is -2.65. The summed E-state index contributed by atoms with van der Waals surface area (Å²) < 4.78 is 51.9. The van der Waals surface area contributed by atoms with Gasteiger partial charge < -0.3 is 126 Å². The molecule has 34 heteroatoms. The minimum atomic E-state index is -1.43. The number of nitrogens with one attached hydrogen (secondary N) is 9. The second kappa shape index (κ2) is 49.2. The summed E-state index contributed by atoms with van der Waals surface area (Å²) in [6.07, 6.45) is -4.90. The molecule has 9 amide bonds. The van der Waals surface area contributed by atoms with Crippen molar-refractivity contribution in [3.05, 3.63) is 0 Å². The average Bonchev–Trinajstić information content (AvgIpc) is 0.909. The highest BCUT2D eigenvalue weighted by Crippen LogP contribution is 2.25. The van der Waals surface area contributed by atoms with Gasteiger partial charge in [-0.2, -0.15) is 0 Å². The molecule has 0 aromatic carbocycles. The molecule has 3 aliphatic heterocycles. The molecule has 0 spiro atoms. The summed E-state index contributed by atoms with van der Waals surface area (Å²) in [7, 11) is 0. The molecule has 0 aliphatic carbocycles. The molecule has 3 aliphatic rings. The molecule has 0 saturated carbocycles. The molecule has 0 aromatic heterocycles. The number of aliphatic hydroxyl groups is 7. The molecule has 0 radical (unpaired) electrons. The van der Waals surface area contributed by atoms with E-state index in [4.69, 9.17) is 42.6 Å². The molecule has 13 unspecified atom stereocenters. The van der Waals surface area contributed by atoms with Gasteiger partial charge >= 0.3 is 0 Å². The van der Waals surface area contributed by atoms with E-state index in [1.54, 1.807) is 0 Å². The van der Waals surface area contributed by atoms with Gasteiger partial charge in [0.15, 0.2) is 18.9 Å². The van der Waals surface area contributed by atoms with Crippen LogP contribution in [0.3, 0.4) is 0 Å². The second-order valence-electron chi connectivity index (χ2n) is 24.5. The summed E-state index contributed by atoms with van der Waals surface area (Å²) in [5, 5.41) is 94.5. The molecule has 16 N–H and O–H groups in total. The van der Waals surface area contributed by atoms with Gasteiger partial charge in [0.25, 0.3) is 0 Å². The molecule has 0 aromatic rings. The number of carbonyl (C=O) groups is 9. The topological polar surface area (TPSA) is 487 Å². The second-order valence-corrected chi connectivity index (χ2v) is 24.5. The normalized spacial score (nSPS) is 24.7. The maximum atomic E-state index is 12.7. The molecule has 13 atom stereocenters. The predicted molar refractivity (Wildman–Crippen MR) is 339 cm³/mol. The highest BCUT2D eigenvalue weighted by Gasteiger charge is 2.46. The third kappa shape index (κ3) is 36.4. The summed E-state index contributed by atoms with van der Waals surface area (Å²) >= 11 is 0. The molecule has 554 valence electrons. The first-order valence-corrected chi connectivity index (χ1v) is 33.5. The third-order valence-electron chi connectivity index (χ3n) is 15.5. The number of ether oxygens (including phenoxy) is 9. The zero-order valence-electron chi connectivity index (χ0n) is 56.2. The minimum absolute atomic E-state index is 0.0312. The van der Waals surface area contributed by atoms with Crippen LogP contribution in [0, 0.1) is 5.41 Å². The van der Waals surface area contributed by atoms with Gasteiger partial charge in [-0.25, -0.2) is 0 Å². The first-order valence-electron chi connectivity index (χ1n) is 33.5. The van der Waals surface area contributed by atoms with Crippen molar-refractivity contribution in [3.8, 4) is 0 Å². The predicted octanol–water partition coefficient (Wildman–Crippen LogP) is -4.47. The standard InChI is InChI=1S/C62H111N9O25/c1-40(75)69-54-45(78)32-43(34-72)94-59(54)91-26-8-5-14-48(80)63-20-11-23-66-51(83)17-29-88-37-62(4,38-89-30-18-52(84)67-24-12-21-64-49(81)15-6-9-27-92-60-55(70-41(2)76)46(79)33-44(35-73)95-60)39-90-31-19-53(85)68-25-13-22-65-50(82)16-7-10-28-93-61-56(71-42(3)77)58(87)57(86)47(36-74)96-61/h43-47,54-61,72-74,78-79,86-87H,5-39H2,1-4H3,(H,63,80)(H,64,81)(H,65,82)(H,66,83)(H,67,84)(H,68,85)(H,69,75)(H,70,76)(H,71,77). The molecule has 3 fully saturated rings. The SMILES string of the molecule is CC(=O)NC1C(O)CC(CO)OC1OCCCCC(=O)NCCCNC(=O)CCOCC(C)(COCCC(=O)NCCCNC(=O)CCCCOC1OC(CO)CC(O)C1NC(C)=O)COCCC(=O)NCCCNC(=O)CCCCOC1OC(CO)C(O)C(O)C1NC(C)=O. The van der Waals surface area contributed by atoms with Gasteiger partial charge in [0.05, 0.1) is 83.9 Å². The number of unbranched alkanes of at least 4 members (excludes halogenated alkanes) is 3. The van der Waals surface area contributed by atoms with Crippen LogP contribution in [0.25, 0.3) is 0 Å². The van der Waals surface area contributed by atoms with Crippen molar-refractivity contribution in [2.45, 2.75) is 217 Å². The molecule has 3 saturated heterocycles. The zero-order chi connectivity index (χ0) is 70.7. The fourth-order valence-electron chi connectivity index (χ4n) is 10.3. The number of aliphatic hydroxyl groups excluding tert-OH is 7. The van der Waals surface area contributed by atoms with Crippen LogP contribution >= 0.6 is 0 Å². The van der Waals surface area contributed by atoms with E-state index < -0.39 is 97.7 Å². The Bertz CT molecular complexity index is 2190.